The van der Waals surface area contributed by atoms with Crippen LogP contribution in [-0.4, -0.2) is 16.6 Å². The molecule has 24 heavy (non-hydrogen) atoms. The average Bonchev–Trinajstić information content (AvgIpc) is 2.54. The zero-order valence-corrected chi connectivity index (χ0v) is 12.5. The molecule has 0 radical (unpaired) electrons. The summed E-state index contributed by atoms with van der Waals surface area (Å²) in [5, 5.41) is 22.7. The highest BCUT2D eigenvalue weighted by Crippen LogP contribution is 2.34. The number of alkyl halides is 3. The number of anilines is 1. The predicted molar refractivity (Wildman–Crippen MR) is 82.7 cm³/mol. The number of halogens is 3. The molecule has 0 aliphatic carbocycles. The van der Waals surface area contributed by atoms with E-state index in [4.69, 9.17) is 5.11 Å². The fourth-order valence-corrected chi connectivity index (χ4v) is 2.16. The van der Waals surface area contributed by atoms with Gasteiger partial charge in [0.1, 0.15) is 5.69 Å². The SMILES string of the molecule is O=[N+]([O-])c1cc(C(F)(F)F)ccc1NCCc1ccc(CO)cc1. The molecule has 0 unspecified atom stereocenters. The summed E-state index contributed by atoms with van der Waals surface area (Å²) in [5.41, 5.74) is 0.0825. The Labute approximate surface area is 135 Å². The van der Waals surface area contributed by atoms with E-state index in [1.807, 2.05) is 12.1 Å². The maximum Gasteiger partial charge on any atom is 0.416 e. The molecule has 5 nitrogen and oxygen atoms in total. The molecule has 8 heteroatoms. The molecule has 2 aromatic rings. The maximum absolute atomic E-state index is 12.6. The second-order valence-corrected chi connectivity index (χ2v) is 5.14. The molecule has 0 aromatic heterocycles. The lowest BCUT2D eigenvalue weighted by atomic mass is 10.1. The van der Waals surface area contributed by atoms with Gasteiger partial charge >= 0.3 is 6.18 Å². The van der Waals surface area contributed by atoms with Gasteiger partial charge in [-0.3, -0.25) is 10.1 Å². The van der Waals surface area contributed by atoms with Crippen molar-refractivity contribution in [2.24, 2.45) is 0 Å². The number of hydrogen-bond acceptors (Lipinski definition) is 4. The minimum Gasteiger partial charge on any atom is -0.392 e. The molecule has 0 aliphatic rings. The normalized spacial score (nSPS) is 11.3. The number of nitro groups is 1. The molecule has 0 saturated heterocycles. The smallest absolute Gasteiger partial charge is 0.392 e. The van der Waals surface area contributed by atoms with E-state index < -0.39 is 22.4 Å². The van der Waals surface area contributed by atoms with E-state index in [2.05, 4.69) is 5.32 Å². The maximum atomic E-state index is 12.6. The third-order valence-corrected chi connectivity index (χ3v) is 3.46. The monoisotopic (exact) mass is 340 g/mol. The quantitative estimate of drug-likeness (QED) is 0.620. The molecular formula is C16H15F3N2O3. The van der Waals surface area contributed by atoms with Crippen LogP contribution in [0.3, 0.4) is 0 Å². The summed E-state index contributed by atoms with van der Waals surface area (Å²) in [6, 6.07) is 9.55. The lowest BCUT2D eigenvalue weighted by Gasteiger charge is -2.10. The topological polar surface area (TPSA) is 75.4 Å². The molecule has 0 atom stereocenters. The molecule has 128 valence electrons. The zero-order valence-electron chi connectivity index (χ0n) is 12.5. The van der Waals surface area contributed by atoms with Gasteiger partial charge < -0.3 is 10.4 Å². The van der Waals surface area contributed by atoms with E-state index in [9.17, 15) is 23.3 Å². The average molecular weight is 340 g/mol. The van der Waals surface area contributed by atoms with Gasteiger partial charge in [0.2, 0.25) is 0 Å². The lowest BCUT2D eigenvalue weighted by Crippen LogP contribution is -2.10. The highest BCUT2D eigenvalue weighted by atomic mass is 19.4. The first kappa shape index (κ1) is 17.7. The molecule has 0 spiro atoms. The third kappa shape index (κ3) is 4.45. The van der Waals surface area contributed by atoms with Crippen molar-refractivity contribution in [2.45, 2.75) is 19.2 Å². The van der Waals surface area contributed by atoms with Gasteiger partial charge in [0.25, 0.3) is 5.69 Å². The van der Waals surface area contributed by atoms with E-state index in [0.29, 0.717) is 19.0 Å². The third-order valence-electron chi connectivity index (χ3n) is 3.46. The Bertz CT molecular complexity index is 715. The van der Waals surface area contributed by atoms with Gasteiger partial charge in [-0.1, -0.05) is 24.3 Å². The first-order chi connectivity index (χ1) is 11.3. The van der Waals surface area contributed by atoms with Crippen LogP contribution in [0.1, 0.15) is 16.7 Å². The Kier molecular flexibility index (Phi) is 5.40. The molecule has 0 amide bonds. The lowest BCUT2D eigenvalue weighted by molar-refractivity contribution is -0.384. The van der Waals surface area contributed by atoms with Crippen LogP contribution in [0.4, 0.5) is 24.5 Å². The van der Waals surface area contributed by atoms with Gasteiger partial charge in [0.15, 0.2) is 0 Å². The largest absolute Gasteiger partial charge is 0.416 e. The van der Waals surface area contributed by atoms with Crippen LogP contribution >= 0.6 is 0 Å². The van der Waals surface area contributed by atoms with Crippen LogP contribution < -0.4 is 5.32 Å². The summed E-state index contributed by atoms with van der Waals surface area (Å²) in [6.07, 6.45) is -4.10. The van der Waals surface area contributed by atoms with Crippen molar-refractivity contribution in [1.29, 1.82) is 0 Å². The van der Waals surface area contributed by atoms with Crippen LogP contribution in [0, 0.1) is 10.1 Å². The van der Waals surface area contributed by atoms with Crippen molar-refractivity contribution in [3.63, 3.8) is 0 Å². The molecule has 0 aliphatic heterocycles. The standard InChI is InChI=1S/C16H15F3N2O3/c17-16(18,19)13-5-6-14(15(9-13)21(23)24)20-8-7-11-1-3-12(10-22)4-2-11/h1-6,9,20,22H,7-8,10H2. The predicted octanol–water partition coefficient (Wildman–Crippen LogP) is 3.76. The van der Waals surface area contributed by atoms with Gasteiger partial charge in [0.05, 0.1) is 17.1 Å². The fraction of sp³-hybridized carbons (Fsp3) is 0.250. The first-order valence-corrected chi connectivity index (χ1v) is 7.09. The van der Waals surface area contributed by atoms with Crippen LogP contribution in [0.2, 0.25) is 0 Å². The van der Waals surface area contributed by atoms with Crippen molar-refractivity contribution in [2.75, 3.05) is 11.9 Å². The van der Waals surface area contributed by atoms with Gasteiger partial charge in [-0.15, -0.1) is 0 Å². The summed E-state index contributed by atoms with van der Waals surface area (Å²) < 4.78 is 37.9. The highest BCUT2D eigenvalue weighted by molar-refractivity contribution is 5.63. The Morgan fingerprint density at radius 3 is 2.25 bits per heavy atom. The minimum absolute atomic E-state index is 0.0416. The van der Waals surface area contributed by atoms with E-state index in [-0.39, 0.29) is 12.3 Å². The summed E-state index contributed by atoms with van der Waals surface area (Å²) in [7, 11) is 0. The molecule has 0 bridgehead atoms. The molecule has 0 saturated carbocycles. The van der Waals surface area contributed by atoms with Gasteiger partial charge in [0, 0.05) is 12.6 Å². The number of nitro benzene ring substituents is 1. The number of nitrogens with zero attached hydrogens (tertiary/aromatic N) is 1. The van der Waals surface area contributed by atoms with E-state index in [0.717, 1.165) is 23.3 Å². The van der Waals surface area contributed by atoms with Crippen molar-refractivity contribution < 1.29 is 23.2 Å². The Hall–Kier alpha value is -2.61. The molecule has 2 N–H and O–H groups in total. The summed E-state index contributed by atoms with van der Waals surface area (Å²) in [4.78, 5) is 10.1. The van der Waals surface area contributed by atoms with Crippen molar-refractivity contribution in [1.82, 2.24) is 0 Å². The molecular weight excluding hydrogens is 325 g/mol. The second kappa shape index (κ2) is 7.31. The number of aliphatic hydroxyl groups is 1. The van der Waals surface area contributed by atoms with Crippen LogP contribution in [0.25, 0.3) is 0 Å². The number of benzene rings is 2. The highest BCUT2D eigenvalue weighted by Gasteiger charge is 2.32. The molecule has 0 fully saturated rings. The van der Waals surface area contributed by atoms with Crippen LogP contribution in [0.15, 0.2) is 42.5 Å². The summed E-state index contributed by atoms with van der Waals surface area (Å²) >= 11 is 0. The first-order valence-electron chi connectivity index (χ1n) is 7.09. The molecule has 2 aromatic carbocycles. The number of nitrogens with one attached hydrogen (secondary N) is 1. The van der Waals surface area contributed by atoms with E-state index in [1.54, 1.807) is 12.1 Å². The minimum atomic E-state index is -4.63. The van der Waals surface area contributed by atoms with Gasteiger partial charge in [-0.05, 0) is 29.7 Å². The zero-order chi connectivity index (χ0) is 17.7. The van der Waals surface area contributed by atoms with Crippen LogP contribution in [0.5, 0.6) is 0 Å². The van der Waals surface area contributed by atoms with Crippen molar-refractivity contribution in [3.05, 3.63) is 69.3 Å². The molecule has 0 heterocycles. The Balaban J connectivity index is 2.07. The Morgan fingerprint density at radius 1 is 1.08 bits per heavy atom. The molecule has 2 rings (SSSR count). The van der Waals surface area contributed by atoms with E-state index in [1.165, 1.54) is 0 Å². The number of rotatable bonds is 6. The van der Waals surface area contributed by atoms with Crippen molar-refractivity contribution >= 4 is 11.4 Å². The summed E-state index contributed by atoms with van der Waals surface area (Å²) in [6.45, 7) is 0.265. The van der Waals surface area contributed by atoms with E-state index >= 15 is 0 Å². The Morgan fingerprint density at radius 2 is 1.71 bits per heavy atom. The number of hydrogen-bond donors (Lipinski definition) is 2. The van der Waals surface area contributed by atoms with Crippen LogP contribution in [-0.2, 0) is 19.2 Å². The number of aliphatic hydroxyl groups excluding tert-OH is 1. The van der Waals surface area contributed by atoms with Gasteiger partial charge in [-0.25, -0.2) is 0 Å². The second-order valence-electron chi connectivity index (χ2n) is 5.14. The van der Waals surface area contributed by atoms with Gasteiger partial charge in [-0.2, -0.15) is 13.2 Å². The summed E-state index contributed by atoms with van der Waals surface area (Å²) in [5.74, 6) is 0. The van der Waals surface area contributed by atoms with Crippen molar-refractivity contribution in [3.8, 4) is 0 Å². The fourth-order valence-electron chi connectivity index (χ4n) is 2.16.